The molecule has 2 N–H and O–H groups in total. The van der Waals surface area contributed by atoms with Crippen LogP contribution in [0.25, 0.3) is 0 Å². The predicted molar refractivity (Wildman–Crippen MR) is 75.9 cm³/mol. The zero-order valence-corrected chi connectivity index (χ0v) is 11.5. The Labute approximate surface area is 111 Å². The van der Waals surface area contributed by atoms with E-state index in [-0.39, 0.29) is 0 Å². The number of nitrogens with zero attached hydrogens (tertiary/aromatic N) is 1. The summed E-state index contributed by atoms with van der Waals surface area (Å²) in [5.74, 6) is 0.832. The van der Waals surface area contributed by atoms with Gasteiger partial charge in [-0.3, -0.25) is 4.72 Å². The van der Waals surface area contributed by atoms with E-state index in [4.69, 9.17) is 11.6 Å². The van der Waals surface area contributed by atoms with Crippen molar-refractivity contribution in [1.29, 1.82) is 0 Å². The Balaban J connectivity index is 2.16. The largest absolute Gasteiger partial charge is 0.325 e. The van der Waals surface area contributed by atoms with Crippen LogP contribution in [-0.2, 0) is 0 Å². The molecule has 3 nitrogen and oxygen atoms in total. The average Bonchev–Trinajstić information content (AvgIpc) is 2.36. The molecule has 17 heavy (non-hydrogen) atoms. The second-order valence-electron chi connectivity index (χ2n) is 3.92. The molecule has 0 bridgehead atoms. The maximum absolute atomic E-state index is 5.94. The van der Waals surface area contributed by atoms with E-state index in [0.29, 0.717) is 6.04 Å². The van der Waals surface area contributed by atoms with Gasteiger partial charge in [-0.2, -0.15) is 0 Å². The molecule has 1 aromatic rings. The summed E-state index contributed by atoms with van der Waals surface area (Å²) in [5, 5.41) is 4.03. The van der Waals surface area contributed by atoms with Gasteiger partial charge < -0.3 is 5.32 Å². The Morgan fingerprint density at radius 2 is 2.12 bits per heavy atom. The van der Waals surface area contributed by atoms with Crippen molar-refractivity contribution in [2.24, 2.45) is 4.99 Å². The monoisotopic (exact) mass is 269 g/mol. The minimum atomic E-state index is 0.374. The van der Waals surface area contributed by atoms with Crippen molar-refractivity contribution in [3.63, 3.8) is 0 Å². The van der Waals surface area contributed by atoms with Gasteiger partial charge in [-0.25, -0.2) is 4.99 Å². The highest BCUT2D eigenvalue weighted by molar-refractivity contribution is 7.98. The van der Waals surface area contributed by atoms with Crippen molar-refractivity contribution in [3.05, 3.63) is 23.2 Å². The molecule has 0 saturated heterocycles. The summed E-state index contributed by atoms with van der Waals surface area (Å²) in [6.07, 6.45) is 2.11. The first-order valence-electron chi connectivity index (χ1n) is 5.80. The first-order valence-corrected chi connectivity index (χ1v) is 6.99. The molecule has 0 fully saturated rings. The van der Waals surface area contributed by atoms with Gasteiger partial charge in [0, 0.05) is 5.02 Å². The van der Waals surface area contributed by atoms with Crippen molar-refractivity contribution < 1.29 is 0 Å². The molecule has 0 spiro atoms. The molecule has 0 atom stereocenters. The highest BCUT2D eigenvalue weighted by atomic mass is 35.5. The minimum Gasteiger partial charge on any atom is -0.325 e. The maximum atomic E-state index is 5.94. The lowest BCUT2D eigenvalue weighted by Crippen LogP contribution is -2.30. The molecule has 1 aromatic carbocycles. The van der Waals surface area contributed by atoms with E-state index in [2.05, 4.69) is 28.9 Å². The summed E-state index contributed by atoms with van der Waals surface area (Å²) in [4.78, 5) is 5.73. The van der Waals surface area contributed by atoms with Crippen LogP contribution in [0, 0.1) is 0 Å². The van der Waals surface area contributed by atoms with Crippen molar-refractivity contribution in [1.82, 2.24) is 4.72 Å². The topological polar surface area (TPSA) is 36.4 Å². The third-order valence-electron chi connectivity index (χ3n) is 2.71. The number of rotatable bonds is 3. The summed E-state index contributed by atoms with van der Waals surface area (Å²) in [6, 6.07) is 6.18. The number of anilines is 1. The number of benzene rings is 1. The summed E-state index contributed by atoms with van der Waals surface area (Å²) in [6.45, 7) is 4.31. The first kappa shape index (κ1) is 12.6. The molecule has 0 amide bonds. The van der Waals surface area contributed by atoms with E-state index in [1.165, 1.54) is 0 Å². The van der Waals surface area contributed by atoms with Crippen LogP contribution in [-0.4, -0.2) is 12.0 Å². The highest BCUT2D eigenvalue weighted by Crippen LogP contribution is 2.31. The molecule has 0 aliphatic carbocycles. The van der Waals surface area contributed by atoms with Crippen molar-refractivity contribution >= 4 is 35.2 Å². The van der Waals surface area contributed by atoms with Gasteiger partial charge in [-0.05, 0) is 43.0 Å². The minimum absolute atomic E-state index is 0.374. The van der Waals surface area contributed by atoms with Crippen LogP contribution in [0.5, 0.6) is 0 Å². The fraction of sp³-hybridized carbons (Fsp3) is 0.417. The van der Waals surface area contributed by atoms with Gasteiger partial charge in [0.2, 0.25) is 5.96 Å². The fourth-order valence-corrected chi connectivity index (χ4v) is 2.61. The normalized spacial score (nSPS) is 16.6. The number of guanidine groups is 1. The van der Waals surface area contributed by atoms with E-state index in [0.717, 1.165) is 34.4 Å². The Bertz CT molecular complexity index is 430. The smallest absolute Gasteiger partial charge is 0.206 e. The van der Waals surface area contributed by atoms with Gasteiger partial charge in [0.25, 0.3) is 0 Å². The molecule has 0 saturated carbocycles. The van der Waals surface area contributed by atoms with Crippen LogP contribution in [0.1, 0.15) is 26.7 Å². The number of hydrogen-bond acceptors (Lipinski definition) is 2. The molecule has 0 radical (unpaired) electrons. The lowest BCUT2D eigenvalue weighted by Gasteiger charge is -2.21. The predicted octanol–water partition coefficient (Wildman–Crippen LogP) is 3.91. The molecule has 1 heterocycles. The molecule has 2 rings (SSSR count). The van der Waals surface area contributed by atoms with E-state index in [9.17, 15) is 0 Å². The first-order chi connectivity index (χ1) is 8.22. The fourth-order valence-electron chi connectivity index (χ4n) is 1.65. The van der Waals surface area contributed by atoms with Crippen LogP contribution in [0.2, 0.25) is 5.02 Å². The summed E-state index contributed by atoms with van der Waals surface area (Å²) in [7, 11) is 0. The molecule has 0 aromatic heterocycles. The van der Waals surface area contributed by atoms with Crippen molar-refractivity contribution in [2.45, 2.75) is 37.6 Å². The number of nitrogens with one attached hydrogen (secondary N) is 2. The Morgan fingerprint density at radius 3 is 2.82 bits per heavy atom. The number of halogens is 1. The number of aliphatic imine (C=N–C) groups is 1. The molecular weight excluding hydrogens is 254 g/mol. The SMILES string of the molecule is CCC(CC)N=C1NSc2cc(Cl)ccc2N1. The van der Waals surface area contributed by atoms with Crippen molar-refractivity contribution in [2.75, 3.05) is 5.32 Å². The third kappa shape index (κ3) is 3.07. The second kappa shape index (κ2) is 5.65. The lowest BCUT2D eigenvalue weighted by molar-refractivity contribution is 0.630. The van der Waals surface area contributed by atoms with Crippen LogP contribution < -0.4 is 10.0 Å². The van der Waals surface area contributed by atoms with Gasteiger partial charge in [0.1, 0.15) is 0 Å². The van der Waals surface area contributed by atoms with Gasteiger partial charge in [-0.15, -0.1) is 0 Å². The molecule has 1 aliphatic heterocycles. The molecular formula is C12H16ClN3S. The van der Waals surface area contributed by atoms with E-state index < -0.39 is 0 Å². The Kier molecular flexibility index (Phi) is 4.18. The van der Waals surface area contributed by atoms with Gasteiger partial charge >= 0.3 is 0 Å². The van der Waals surface area contributed by atoms with Crippen molar-refractivity contribution in [3.8, 4) is 0 Å². The number of hydrogen-bond donors (Lipinski definition) is 2. The highest BCUT2D eigenvalue weighted by Gasteiger charge is 2.14. The molecule has 0 unspecified atom stereocenters. The average molecular weight is 270 g/mol. The Morgan fingerprint density at radius 1 is 1.35 bits per heavy atom. The van der Waals surface area contributed by atoms with Gasteiger partial charge in [0.15, 0.2) is 0 Å². The zero-order valence-electron chi connectivity index (χ0n) is 9.96. The molecule has 92 valence electrons. The van der Waals surface area contributed by atoms with E-state index >= 15 is 0 Å². The summed E-state index contributed by atoms with van der Waals surface area (Å²) < 4.78 is 3.20. The molecule has 1 aliphatic rings. The quantitative estimate of drug-likeness (QED) is 0.817. The van der Waals surface area contributed by atoms with Crippen LogP contribution >= 0.6 is 23.5 Å². The number of fused-ring (bicyclic) bond motifs is 1. The van der Waals surface area contributed by atoms with Crippen LogP contribution in [0.4, 0.5) is 5.69 Å². The van der Waals surface area contributed by atoms with Gasteiger partial charge in [-0.1, -0.05) is 25.4 Å². The van der Waals surface area contributed by atoms with E-state index in [1.54, 1.807) is 11.9 Å². The molecule has 5 heteroatoms. The third-order valence-corrected chi connectivity index (χ3v) is 3.80. The summed E-state index contributed by atoms with van der Waals surface area (Å²) >= 11 is 7.49. The van der Waals surface area contributed by atoms with Gasteiger partial charge in [0.05, 0.1) is 16.6 Å². The van der Waals surface area contributed by atoms with Crippen LogP contribution in [0.3, 0.4) is 0 Å². The van der Waals surface area contributed by atoms with E-state index in [1.807, 2.05) is 18.2 Å². The lowest BCUT2D eigenvalue weighted by atomic mass is 10.2. The van der Waals surface area contributed by atoms with Crippen LogP contribution in [0.15, 0.2) is 28.1 Å². The summed E-state index contributed by atoms with van der Waals surface area (Å²) in [5.41, 5.74) is 1.06. The Hall–Kier alpha value is -0.870. The maximum Gasteiger partial charge on any atom is 0.206 e. The zero-order chi connectivity index (χ0) is 12.3. The standard InChI is InChI=1S/C12H16ClN3S/c1-3-9(4-2)14-12-15-10-6-5-8(13)7-11(10)17-16-12/h5-7,9H,3-4H2,1-2H3,(H2,14,15,16). The second-order valence-corrected chi connectivity index (χ2v) is 5.20.